The molecule has 4 aromatic rings. The Labute approximate surface area is 204 Å². The number of morpholine rings is 1. The lowest BCUT2D eigenvalue weighted by atomic mass is 10.1. The van der Waals surface area contributed by atoms with Gasteiger partial charge in [-0.1, -0.05) is 18.2 Å². The molecule has 1 amide bonds. The van der Waals surface area contributed by atoms with Crippen molar-refractivity contribution in [1.82, 2.24) is 15.2 Å². The van der Waals surface area contributed by atoms with E-state index >= 15 is 0 Å². The molecule has 2 aliphatic rings. The van der Waals surface area contributed by atoms with E-state index in [1.165, 1.54) is 0 Å². The molecule has 0 atom stereocenters. The maximum atomic E-state index is 11.4. The molecule has 2 fully saturated rings. The molecule has 1 saturated heterocycles. The van der Waals surface area contributed by atoms with Crippen LogP contribution in [-0.4, -0.2) is 54.5 Å². The number of nitrogens with one attached hydrogen (secondary N) is 2. The van der Waals surface area contributed by atoms with Gasteiger partial charge in [-0.15, -0.1) is 0 Å². The molecule has 2 aromatic heterocycles. The quantitative estimate of drug-likeness (QED) is 0.445. The highest BCUT2D eigenvalue weighted by molar-refractivity contribution is 5.94. The smallest absolute Gasteiger partial charge is 0.227 e. The molecular weight excluding hydrogens is 442 g/mol. The van der Waals surface area contributed by atoms with Gasteiger partial charge in [-0.2, -0.15) is 5.10 Å². The highest BCUT2D eigenvalue weighted by Gasteiger charge is 2.29. The average Bonchev–Trinajstić information content (AvgIpc) is 3.69. The number of H-pyrrole nitrogens is 1. The Balaban J connectivity index is 0.000000158. The molecule has 2 N–H and O–H groups in total. The van der Waals surface area contributed by atoms with Crippen molar-refractivity contribution in [2.75, 3.05) is 43.6 Å². The van der Waals surface area contributed by atoms with Crippen LogP contribution in [0.3, 0.4) is 0 Å². The van der Waals surface area contributed by atoms with E-state index in [1.807, 2.05) is 48.7 Å². The van der Waals surface area contributed by atoms with Gasteiger partial charge in [0.1, 0.15) is 17.3 Å². The summed E-state index contributed by atoms with van der Waals surface area (Å²) in [6, 6.07) is 19.6. The Morgan fingerprint density at radius 3 is 2.51 bits per heavy atom. The number of nitrogens with zero attached hydrogens (tertiary/aromatic N) is 3. The van der Waals surface area contributed by atoms with Gasteiger partial charge in [-0.25, -0.2) is 4.98 Å². The second kappa shape index (κ2) is 10.6. The zero-order valence-electron chi connectivity index (χ0n) is 19.7. The minimum absolute atomic E-state index is 0.134. The number of anilines is 2. The molecule has 180 valence electrons. The van der Waals surface area contributed by atoms with E-state index in [0.717, 1.165) is 78.6 Å². The molecule has 0 unspecified atom stereocenters. The van der Waals surface area contributed by atoms with Crippen LogP contribution >= 0.6 is 0 Å². The highest BCUT2D eigenvalue weighted by Crippen LogP contribution is 2.30. The fourth-order valence-electron chi connectivity index (χ4n) is 3.95. The number of benzene rings is 2. The molecule has 35 heavy (non-hydrogen) atoms. The fourth-order valence-corrected chi connectivity index (χ4v) is 3.95. The third-order valence-corrected chi connectivity index (χ3v) is 6.13. The molecule has 0 bridgehead atoms. The van der Waals surface area contributed by atoms with Crippen LogP contribution in [0.1, 0.15) is 12.8 Å². The van der Waals surface area contributed by atoms with Crippen LogP contribution in [0.25, 0.3) is 22.2 Å². The molecule has 3 heterocycles. The molecule has 1 saturated carbocycles. The number of rotatable bonds is 5. The Bertz CT molecular complexity index is 1260. The fraction of sp³-hybridized carbons (Fsp3) is 0.296. The molecule has 1 aliphatic heterocycles. The summed E-state index contributed by atoms with van der Waals surface area (Å²) in [7, 11) is 1.62. The minimum Gasteiger partial charge on any atom is -0.497 e. The summed E-state index contributed by atoms with van der Waals surface area (Å²) in [6.45, 7) is 3.34. The Kier molecular flexibility index (Phi) is 6.90. The van der Waals surface area contributed by atoms with Crippen molar-refractivity contribution in [2.45, 2.75) is 12.8 Å². The molecule has 2 aromatic carbocycles. The van der Waals surface area contributed by atoms with E-state index < -0.39 is 0 Å². The molecule has 1 aliphatic carbocycles. The molecule has 0 spiro atoms. The third kappa shape index (κ3) is 5.60. The first-order valence-electron chi connectivity index (χ1n) is 11.9. The van der Waals surface area contributed by atoms with Crippen molar-refractivity contribution in [3.8, 4) is 17.0 Å². The largest absolute Gasteiger partial charge is 0.497 e. The molecule has 8 heteroatoms. The maximum absolute atomic E-state index is 11.4. The summed E-state index contributed by atoms with van der Waals surface area (Å²) >= 11 is 0. The van der Waals surface area contributed by atoms with E-state index in [9.17, 15) is 4.79 Å². The summed E-state index contributed by atoms with van der Waals surface area (Å²) < 4.78 is 10.4. The number of fused-ring (bicyclic) bond motifs is 1. The topological polar surface area (TPSA) is 92.4 Å². The Morgan fingerprint density at radius 1 is 1.06 bits per heavy atom. The van der Waals surface area contributed by atoms with Crippen LogP contribution in [0.4, 0.5) is 11.5 Å². The predicted molar refractivity (Wildman–Crippen MR) is 137 cm³/mol. The van der Waals surface area contributed by atoms with Crippen molar-refractivity contribution in [1.29, 1.82) is 0 Å². The maximum Gasteiger partial charge on any atom is 0.227 e. The highest BCUT2D eigenvalue weighted by atomic mass is 16.5. The van der Waals surface area contributed by atoms with Gasteiger partial charge in [0.25, 0.3) is 0 Å². The van der Waals surface area contributed by atoms with Crippen molar-refractivity contribution in [3.05, 3.63) is 66.9 Å². The van der Waals surface area contributed by atoms with E-state index in [2.05, 4.69) is 43.6 Å². The number of aromatic amines is 1. The Hall–Kier alpha value is -3.91. The normalized spacial score (nSPS) is 15.3. The van der Waals surface area contributed by atoms with Crippen molar-refractivity contribution in [2.24, 2.45) is 5.92 Å². The van der Waals surface area contributed by atoms with E-state index in [0.29, 0.717) is 0 Å². The van der Waals surface area contributed by atoms with Crippen LogP contribution in [0.5, 0.6) is 5.75 Å². The zero-order chi connectivity index (χ0) is 24.0. The van der Waals surface area contributed by atoms with Gasteiger partial charge < -0.3 is 19.7 Å². The lowest BCUT2D eigenvalue weighted by Gasteiger charge is -2.27. The number of amides is 1. The second-order valence-corrected chi connectivity index (χ2v) is 8.61. The Morgan fingerprint density at radius 2 is 1.83 bits per heavy atom. The summed E-state index contributed by atoms with van der Waals surface area (Å²) in [6.07, 6.45) is 3.96. The SMILES string of the molecule is COc1ccc(NC(=O)C2CC2)cc1.c1ccc2c(-c3ccc(N4CCOCC4)nc3)n[nH]c2c1. The van der Waals surface area contributed by atoms with Crippen LogP contribution in [0, 0.1) is 5.92 Å². The number of carbonyl (C=O) groups excluding carboxylic acids is 1. The number of pyridine rings is 1. The third-order valence-electron chi connectivity index (χ3n) is 6.13. The molecular formula is C27H29N5O3. The molecule has 8 nitrogen and oxygen atoms in total. The first-order chi connectivity index (χ1) is 17.2. The van der Waals surface area contributed by atoms with Crippen LogP contribution in [0.15, 0.2) is 66.9 Å². The van der Waals surface area contributed by atoms with Crippen LogP contribution in [0.2, 0.25) is 0 Å². The van der Waals surface area contributed by atoms with Gasteiger partial charge in [0.15, 0.2) is 0 Å². The van der Waals surface area contributed by atoms with E-state index in [4.69, 9.17) is 9.47 Å². The van der Waals surface area contributed by atoms with E-state index in [1.54, 1.807) is 7.11 Å². The van der Waals surface area contributed by atoms with Gasteiger partial charge in [0.05, 0.1) is 25.8 Å². The summed E-state index contributed by atoms with van der Waals surface area (Å²) in [4.78, 5) is 18.2. The number of carbonyl (C=O) groups is 1. The summed E-state index contributed by atoms with van der Waals surface area (Å²) in [5, 5.41) is 11.5. The standard InChI is InChI=1S/C16H16N4O.C11H13NO2/c1-2-4-14-13(3-1)16(19-18-14)12-5-6-15(17-11-12)20-7-9-21-10-8-20;1-14-10-6-4-9(5-7-10)12-11(13)8-2-3-8/h1-6,11H,7-10H2,(H,18,19);4-8H,2-3H2,1H3,(H,12,13). The van der Waals surface area contributed by atoms with Crippen molar-refractivity contribution in [3.63, 3.8) is 0 Å². The van der Waals surface area contributed by atoms with Gasteiger partial charge in [-0.3, -0.25) is 9.89 Å². The minimum atomic E-state index is 0.134. The monoisotopic (exact) mass is 471 g/mol. The van der Waals surface area contributed by atoms with Crippen LogP contribution < -0.4 is 15.0 Å². The van der Waals surface area contributed by atoms with Crippen LogP contribution in [-0.2, 0) is 9.53 Å². The first kappa shape index (κ1) is 22.9. The van der Waals surface area contributed by atoms with Gasteiger partial charge in [-0.05, 0) is 55.3 Å². The number of methoxy groups -OCH3 is 1. The lowest BCUT2D eigenvalue weighted by molar-refractivity contribution is -0.117. The van der Waals surface area contributed by atoms with E-state index in [-0.39, 0.29) is 11.8 Å². The van der Waals surface area contributed by atoms with Crippen molar-refractivity contribution < 1.29 is 14.3 Å². The first-order valence-corrected chi connectivity index (χ1v) is 11.9. The lowest BCUT2D eigenvalue weighted by Crippen LogP contribution is -2.36. The summed E-state index contributed by atoms with van der Waals surface area (Å²) in [5.41, 5.74) is 3.86. The number of para-hydroxylation sites is 1. The molecule has 6 rings (SSSR count). The van der Waals surface area contributed by atoms with Gasteiger partial charge in [0.2, 0.25) is 5.91 Å². The number of hydrogen-bond donors (Lipinski definition) is 2. The number of hydrogen-bond acceptors (Lipinski definition) is 6. The molecule has 0 radical (unpaired) electrons. The predicted octanol–water partition coefficient (Wildman–Crippen LogP) is 4.51. The van der Waals surface area contributed by atoms with Crippen molar-refractivity contribution >= 4 is 28.3 Å². The average molecular weight is 472 g/mol. The summed E-state index contributed by atoms with van der Waals surface area (Å²) in [5.74, 6) is 2.18. The number of aromatic nitrogens is 3. The second-order valence-electron chi connectivity index (χ2n) is 8.61. The number of ether oxygens (including phenoxy) is 2. The zero-order valence-corrected chi connectivity index (χ0v) is 19.7. The van der Waals surface area contributed by atoms with Gasteiger partial charge >= 0.3 is 0 Å². The van der Waals surface area contributed by atoms with Gasteiger partial charge in [0, 0.05) is 41.8 Å².